The number of fused-ring (bicyclic) bond motifs is 3. The van der Waals surface area contributed by atoms with E-state index >= 15 is 0 Å². The number of hydrogen-bond acceptors (Lipinski definition) is 4. The first kappa shape index (κ1) is 14.4. The van der Waals surface area contributed by atoms with Crippen LogP contribution in [0, 0.1) is 0 Å². The van der Waals surface area contributed by atoms with Crippen molar-refractivity contribution in [3.63, 3.8) is 0 Å². The van der Waals surface area contributed by atoms with E-state index in [1.165, 1.54) is 0 Å². The van der Waals surface area contributed by atoms with Crippen LogP contribution in [-0.4, -0.2) is 23.5 Å². The quantitative estimate of drug-likeness (QED) is 0.696. The number of pyridine rings is 2. The van der Waals surface area contributed by atoms with Gasteiger partial charge < -0.3 is 9.64 Å². The molecule has 118 valence electrons. The van der Waals surface area contributed by atoms with Gasteiger partial charge in [-0.1, -0.05) is 18.2 Å². The van der Waals surface area contributed by atoms with Gasteiger partial charge in [-0.05, 0) is 29.3 Å². The van der Waals surface area contributed by atoms with Crippen molar-refractivity contribution in [1.29, 1.82) is 0 Å². The number of benzene rings is 1. The number of para-hydroxylation sites is 1. The Balaban J connectivity index is 1.98. The zero-order chi connectivity index (χ0) is 16.5. The number of anilines is 1. The molecule has 3 aromatic rings. The predicted octanol–water partition coefficient (Wildman–Crippen LogP) is 3.22. The molecule has 0 saturated carbocycles. The summed E-state index contributed by atoms with van der Waals surface area (Å²) in [4.78, 5) is 22.1. The van der Waals surface area contributed by atoms with Crippen LogP contribution in [-0.2, 0) is 4.79 Å². The number of hydrogen-bond donors (Lipinski definition) is 0. The summed E-state index contributed by atoms with van der Waals surface area (Å²) < 4.78 is 5.24. The Bertz CT molecular complexity index is 910. The molecule has 1 amide bonds. The molecule has 0 aliphatic carbocycles. The minimum absolute atomic E-state index is 0.266. The van der Waals surface area contributed by atoms with Crippen molar-refractivity contribution in [2.75, 3.05) is 12.0 Å². The summed E-state index contributed by atoms with van der Waals surface area (Å²) in [5.41, 5.74) is 4.90. The Morgan fingerprint density at radius 1 is 1.12 bits per heavy atom. The van der Waals surface area contributed by atoms with Crippen LogP contribution in [0.1, 0.15) is 17.2 Å². The molecule has 0 bridgehead atoms. The summed E-state index contributed by atoms with van der Waals surface area (Å²) in [5, 5.41) is 0. The number of methoxy groups -OCH3 is 1. The highest BCUT2D eigenvalue weighted by atomic mass is 16.5. The lowest BCUT2D eigenvalue weighted by atomic mass is 9.87. The number of carbonyl (C=O) groups is 1. The summed E-state index contributed by atoms with van der Waals surface area (Å²) in [6, 6.07) is 13.4. The maximum atomic E-state index is 11.9. The van der Waals surface area contributed by atoms with E-state index in [9.17, 15) is 4.79 Å². The van der Waals surface area contributed by atoms with E-state index in [4.69, 9.17) is 4.74 Å². The normalized spacial score (nSPS) is 15.4. The molecule has 2 aromatic heterocycles. The fraction of sp³-hybridized carbons (Fsp3) is 0.105. The van der Waals surface area contributed by atoms with Crippen LogP contribution in [0.3, 0.4) is 0 Å². The number of amides is 1. The number of nitrogens with zero attached hydrogens (tertiary/aromatic N) is 3. The van der Waals surface area contributed by atoms with E-state index in [1.807, 2.05) is 48.7 Å². The van der Waals surface area contributed by atoms with Gasteiger partial charge in [0.05, 0.1) is 18.8 Å². The van der Waals surface area contributed by atoms with Gasteiger partial charge in [0.1, 0.15) is 0 Å². The lowest BCUT2D eigenvalue weighted by Gasteiger charge is -2.36. The first-order chi connectivity index (χ1) is 11.8. The molecule has 0 spiro atoms. The third-order valence-corrected chi connectivity index (χ3v) is 4.29. The third kappa shape index (κ3) is 2.13. The minimum atomic E-state index is -0.266. The zero-order valence-electron chi connectivity index (χ0n) is 13.1. The van der Waals surface area contributed by atoms with Crippen LogP contribution in [0.15, 0.2) is 61.1 Å². The molecule has 5 nitrogen and oxygen atoms in total. The summed E-state index contributed by atoms with van der Waals surface area (Å²) >= 11 is 0. The van der Waals surface area contributed by atoms with E-state index in [-0.39, 0.29) is 6.04 Å². The molecule has 0 N–H and O–H groups in total. The Labute approximate surface area is 139 Å². The Morgan fingerprint density at radius 3 is 2.83 bits per heavy atom. The van der Waals surface area contributed by atoms with Gasteiger partial charge in [-0.15, -0.1) is 0 Å². The Hall–Kier alpha value is -3.21. The molecule has 4 rings (SSSR count). The van der Waals surface area contributed by atoms with Crippen LogP contribution in [0.25, 0.3) is 11.1 Å². The highest BCUT2D eigenvalue weighted by Gasteiger charge is 2.32. The molecule has 5 heteroatoms. The van der Waals surface area contributed by atoms with Crippen molar-refractivity contribution in [3.8, 4) is 17.0 Å². The van der Waals surface area contributed by atoms with E-state index in [0.29, 0.717) is 5.88 Å². The first-order valence-electron chi connectivity index (χ1n) is 7.60. The summed E-state index contributed by atoms with van der Waals surface area (Å²) in [5.74, 6) is 0.516. The zero-order valence-corrected chi connectivity index (χ0v) is 13.1. The Morgan fingerprint density at radius 2 is 2.00 bits per heavy atom. The van der Waals surface area contributed by atoms with E-state index < -0.39 is 0 Å². The number of carbonyl (C=O) groups excluding carboxylic acids is 1. The topological polar surface area (TPSA) is 55.3 Å². The predicted molar refractivity (Wildman–Crippen MR) is 90.8 cm³/mol. The van der Waals surface area contributed by atoms with Gasteiger partial charge in [0.2, 0.25) is 12.3 Å². The molecule has 1 unspecified atom stereocenters. The molecule has 0 saturated heterocycles. The highest BCUT2D eigenvalue weighted by Crippen LogP contribution is 2.46. The van der Waals surface area contributed by atoms with E-state index in [2.05, 4.69) is 9.97 Å². The van der Waals surface area contributed by atoms with E-state index in [0.717, 1.165) is 34.4 Å². The van der Waals surface area contributed by atoms with Crippen molar-refractivity contribution in [2.45, 2.75) is 6.04 Å². The molecule has 1 atom stereocenters. The molecular formula is C19H15N3O2. The van der Waals surface area contributed by atoms with Crippen LogP contribution >= 0.6 is 0 Å². The molecule has 3 heterocycles. The molecule has 1 aliphatic heterocycles. The van der Waals surface area contributed by atoms with Crippen molar-refractivity contribution in [3.05, 3.63) is 72.2 Å². The number of ether oxygens (including phenoxy) is 1. The second kappa shape index (κ2) is 5.77. The lowest BCUT2D eigenvalue weighted by molar-refractivity contribution is -0.107. The molecule has 1 aliphatic rings. The SMILES string of the molecule is COc1cc(C2c3cnccc3-c3ccccc3N2C=O)ccn1. The monoisotopic (exact) mass is 317 g/mol. The standard InChI is InChI=1S/C19H15N3O2/c1-24-18-10-13(6-9-21-18)19-16-11-20-8-7-14(16)15-4-2-3-5-17(15)22(19)12-23/h2-12,19H,1H3. The average Bonchev–Trinajstić information content (AvgIpc) is 2.67. The molecular weight excluding hydrogens is 302 g/mol. The fourth-order valence-corrected chi connectivity index (χ4v) is 3.25. The third-order valence-electron chi connectivity index (χ3n) is 4.29. The lowest BCUT2D eigenvalue weighted by Crippen LogP contribution is -2.31. The minimum Gasteiger partial charge on any atom is -0.481 e. The fourth-order valence-electron chi connectivity index (χ4n) is 3.25. The van der Waals surface area contributed by atoms with Crippen molar-refractivity contribution < 1.29 is 9.53 Å². The average molecular weight is 317 g/mol. The first-order valence-corrected chi connectivity index (χ1v) is 7.60. The van der Waals surface area contributed by atoms with Gasteiger partial charge in [-0.2, -0.15) is 0 Å². The molecule has 24 heavy (non-hydrogen) atoms. The second-order valence-corrected chi connectivity index (χ2v) is 5.53. The van der Waals surface area contributed by atoms with Crippen LogP contribution in [0.5, 0.6) is 5.88 Å². The second-order valence-electron chi connectivity index (χ2n) is 5.53. The van der Waals surface area contributed by atoms with E-state index in [1.54, 1.807) is 24.4 Å². The molecule has 0 radical (unpaired) electrons. The Kier molecular flexibility index (Phi) is 3.46. The van der Waals surface area contributed by atoms with Crippen molar-refractivity contribution in [2.24, 2.45) is 0 Å². The van der Waals surface area contributed by atoms with Gasteiger partial charge in [-0.3, -0.25) is 9.78 Å². The number of rotatable bonds is 3. The van der Waals surface area contributed by atoms with Crippen LogP contribution in [0.4, 0.5) is 5.69 Å². The smallest absolute Gasteiger partial charge is 0.215 e. The highest BCUT2D eigenvalue weighted by molar-refractivity contribution is 5.93. The summed E-state index contributed by atoms with van der Waals surface area (Å²) in [7, 11) is 1.58. The van der Waals surface area contributed by atoms with Crippen molar-refractivity contribution in [1.82, 2.24) is 9.97 Å². The van der Waals surface area contributed by atoms with Gasteiger partial charge in [0, 0.05) is 35.8 Å². The van der Waals surface area contributed by atoms with Gasteiger partial charge in [0.25, 0.3) is 0 Å². The summed E-state index contributed by atoms with van der Waals surface area (Å²) in [6.45, 7) is 0. The molecule has 1 aromatic carbocycles. The van der Waals surface area contributed by atoms with Crippen molar-refractivity contribution >= 4 is 12.1 Å². The number of aromatic nitrogens is 2. The van der Waals surface area contributed by atoms with Gasteiger partial charge >= 0.3 is 0 Å². The maximum Gasteiger partial charge on any atom is 0.215 e. The van der Waals surface area contributed by atoms with Crippen LogP contribution in [0.2, 0.25) is 0 Å². The van der Waals surface area contributed by atoms with Gasteiger partial charge in [0.15, 0.2) is 0 Å². The summed E-state index contributed by atoms with van der Waals surface area (Å²) in [6.07, 6.45) is 6.15. The largest absolute Gasteiger partial charge is 0.481 e. The van der Waals surface area contributed by atoms with Gasteiger partial charge in [-0.25, -0.2) is 4.98 Å². The molecule has 0 fully saturated rings. The van der Waals surface area contributed by atoms with Crippen LogP contribution < -0.4 is 9.64 Å². The maximum absolute atomic E-state index is 11.9.